The predicted octanol–water partition coefficient (Wildman–Crippen LogP) is 4.66. The Balaban J connectivity index is 2.76. The second-order valence-corrected chi connectivity index (χ2v) is 5.17. The van der Waals surface area contributed by atoms with Crippen molar-refractivity contribution < 1.29 is 4.79 Å². The topological polar surface area (TPSA) is 20.3 Å². The van der Waals surface area contributed by atoms with Gasteiger partial charge in [0, 0.05) is 29.2 Å². The second-order valence-electron chi connectivity index (χ2n) is 4.32. The Hall–Kier alpha value is -0.990. The lowest BCUT2D eigenvalue weighted by atomic mass is 10.2. The molecule has 0 heterocycles. The van der Waals surface area contributed by atoms with Crippen LogP contribution in [0.5, 0.6) is 0 Å². The molecule has 0 aromatic heterocycles. The third kappa shape index (κ3) is 5.25. The fourth-order valence-corrected chi connectivity index (χ4v) is 2.25. The smallest absolute Gasteiger partial charge is 0.246 e. The maximum absolute atomic E-state index is 12.0. The highest BCUT2D eigenvalue weighted by Gasteiger charge is 2.08. The van der Waals surface area contributed by atoms with Crippen molar-refractivity contribution in [2.45, 2.75) is 26.7 Å². The molecule has 0 saturated heterocycles. The molecule has 1 amide bonds. The average molecular weight is 300 g/mol. The number of rotatable bonds is 6. The van der Waals surface area contributed by atoms with E-state index in [0.29, 0.717) is 10.0 Å². The number of hydrogen-bond acceptors (Lipinski definition) is 1. The number of carbonyl (C=O) groups is 1. The number of carbonyl (C=O) groups excluding carboxylic acids is 1. The maximum atomic E-state index is 12.0. The molecule has 0 atom stereocenters. The monoisotopic (exact) mass is 299 g/mol. The van der Waals surface area contributed by atoms with E-state index in [2.05, 4.69) is 13.8 Å². The van der Waals surface area contributed by atoms with E-state index in [9.17, 15) is 4.79 Å². The highest BCUT2D eigenvalue weighted by atomic mass is 35.5. The van der Waals surface area contributed by atoms with Crippen LogP contribution < -0.4 is 0 Å². The van der Waals surface area contributed by atoms with Crippen LogP contribution in [-0.4, -0.2) is 23.9 Å². The van der Waals surface area contributed by atoms with Crippen LogP contribution in [0.1, 0.15) is 32.3 Å². The third-order valence-corrected chi connectivity index (χ3v) is 3.23. The molecule has 0 bridgehead atoms. The summed E-state index contributed by atoms with van der Waals surface area (Å²) < 4.78 is 0. The SMILES string of the molecule is CCCN(CCC)C(=O)C=Cc1ccc(Cl)cc1Cl. The first-order valence-corrected chi connectivity index (χ1v) is 7.26. The van der Waals surface area contributed by atoms with Crippen molar-refractivity contribution in [1.29, 1.82) is 0 Å². The lowest BCUT2D eigenvalue weighted by Gasteiger charge is -2.19. The van der Waals surface area contributed by atoms with Crippen molar-refractivity contribution in [3.05, 3.63) is 39.9 Å². The molecule has 0 aliphatic rings. The molecule has 104 valence electrons. The van der Waals surface area contributed by atoms with Crippen molar-refractivity contribution >= 4 is 35.2 Å². The van der Waals surface area contributed by atoms with Gasteiger partial charge in [-0.3, -0.25) is 4.79 Å². The Morgan fingerprint density at radius 1 is 1.21 bits per heavy atom. The predicted molar refractivity (Wildman–Crippen MR) is 82.7 cm³/mol. The van der Waals surface area contributed by atoms with Crippen LogP contribution in [0.15, 0.2) is 24.3 Å². The Kier molecular flexibility index (Phi) is 6.96. The van der Waals surface area contributed by atoms with Crippen LogP contribution in [0.25, 0.3) is 6.08 Å². The first-order valence-electron chi connectivity index (χ1n) is 6.50. The van der Waals surface area contributed by atoms with Crippen LogP contribution in [0.4, 0.5) is 0 Å². The number of benzene rings is 1. The van der Waals surface area contributed by atoms with E-state index in [1.165, 1.54) is 0 Å². The van der Waals surface area contributed by atoms with E-state index < -0.39 is 0 Å². The van der Waals surface area contributed by atoms with Gasteiger partial charge < -0.3 is 4.90 Å². The summed E-state index contributed by atoms with van der Waals surface area (Å²) in [4.78, 5) is 13.9. The molecule has 0 saturated carbocycles. The zero-order valence-corrected chi connectivity index (χ0v) is 12.8. The van der Waals surface area contributed by atoms with Gasteiger partial charge in [0.05, 0.1) is 0 Å². The molecule has 0 unspecified atom stereocenters. The van der Waals surface area contributed by atoms with Gasteiger partial charge in [-0.25, -0.2) is 0 Å². The summed E-state index contributed by atoms with van der Waals surface area (Å²) in [5.74, 6) is 0.0229. The first kappa shape index (κ1) is 16.1. The van der Waals surface area contributed by atoms with Crippen LogP contribution in [0.3, 0.4) is 0 Å². The molecule has 0 radical (unpaired) electrons. The van der Waals surface area contributed by atoms with Gasteiger partial charge >= 0.3 is 0 Å². The van der Waals surface area contributed by atoms with Gasteiger partial charge in [-0.05, 0) is 36.6 Å². The molecular weight excluding hydrogens is 281 g/mol. The molecule has 0 aliphatic carbocycles. The molecule has 4 heteroatoms. The molecular formula is C15H19Cl2NO. The molecule has 0 fully saturated rings. The molecule has 1 aromatic rings. The molecule has 2 nitrogen and oxygen atoms in total. The minimum absolute atomic E-state index is 0.0229. The van der Waals surface area contributed by atoms with E-state index in [4.69, 9.17) is 23.2 Å². The molecule has 0 spiro atoms. The van der Waals surface area contributed by atoms with E-state index in [0.717, 1.165) is 31.5 Å². The summed E-state index contributed by atoms with van der Waals surface area (Å²) in [6.45, 7) is 5.70. The summed E-state index contributed by atoms with van der Waals surface area (Å²) in [6.07, 6.45) is 5.22. The molecule has 19 heavy (non-hydrogen) atoms. The number of hydrogen-bond donors (Lipinski definition) is 0. The van der Waals surface area contributed by atoms with Gasteiger partial charge in [0.1, 0.15) is 0 Å². The van der Waals surface area contributed by atoms with E-state index in [-0.39, 0.29) is 5.91 Å². The Morgan fingerprint density at radius 2 is 1.84 bits per heavy atom. The van der Waals surface area contributed by atoms with Crippen molar-refractivity contribution in [3.63, 3.8) is 0 Å². The van der Waals surface area contributed by atoms with Crippen LogP contribution in [0.2, 0.25) is 10.0 Å². The fraction of sp³-hybridized carbons (Fsp3) is 0.400. The third-order valence-electron chi connectivity index (χ3n) is 2.67. The zero-order chi connectivity index (χ0) is 14.3. The summed E-state index contributed by atoms with van der Waals surface area (Å²) in [5, 5.41) is 1.14. The zero-order valence-electron chi connectivity index (χ0n) is 11.3. The normalized spacial score (nSPS) is 10.9. The molecule has 1 rings (SSSR count). The van der Waals surface area contributed by atoms with E-state index in [1.54, 1.807) is 30.4 Å². The average Bonchev–Trinajstić information content (AvgIpc) is 2.37. The Bertz CT molecular complexity index is 451. The number of nitrogens with zero attached hydrogens (tertiary/aromatic N) is 1. The largest absolute Gasteiger partial charge is 0.339 e. The standard InChI is InChI=1S/C15H19Cl2NO/c1-3-9-18(10-4-2)15(19)8-6-12-5-7-13(16)11-14(12)17/h5-8,11H,3-4,9-10H2,1-2H3. The second kappa shape index (κ2) is 8.23. The van der Waals surface area contributed by atoms with Crippen molar-refractivity contribution in [1.82, 2.24) is 4.90 Å². The van der Waals surface area contributed by atoms with Gasteiger partial charge in [0.2, 0.25) is 5.91 Å². The van der Waals surface area contributed by atoms with Crippen molar-refractivity contribution in [2.24, 2.45) is 0 Å². The van der Waals surface area contributed by atoms with Gasteiger partial charge in [-0.15, -0.1) is 0 Å². The summed E-state index contributed by atoms with van der Waals surface area (Å²) in [6, 6.07) is 5.23. The lowest BCUT2D eigenvalue weighted by Crippen LogP contribution is -2.30. The first-order chi connectivity index (χ1) is 9.08. The van der Waals surface area contributed by atoms with Crippen LogP contribution in [0, 0.1) is 0 Å². The lowest BCUT2D eigenvalue weighted by molar-refractivity contribution is -0.126. The molecule has 1 aromatic carbocycles. The number of halogens is 2. The van der Waals surface area contributed by atoms with Crippen molar-refractivity contribution in [3.8, 4) is 0 Å². The summed E-state index contributed by atoms with van der Waals surface area (Å²) in [7, 11) is 0. The van der Waals surface area contributed by atoms with Crippen LogP contribution in [-0.2, 0) is 4.79 Å². The van der Waals surface area contributed by atoms with Gasteiger partial charge in [-0.2, -0.15) is 0 Å². The highest BCUT2D eigenvalue weighted by molar-refractivity contribution is 6.35. The maximum Gasteiger partial charge on any atom is 0.246 e. The minimum Gasteiger partial charge on any atom is -0.339 e. The van der Waals surface area contributed by atoms with Gasteiger partial charge in [0.25, 0.3) is 0 Å². The van der Waals surface area contributed by atoms with E-state index in [1.807, 2.05) is 4.90 Å². The summed E-state index contributed by atoms with van der Waals surface area (Å²) >= 11 is 11.9. The Labute approximate surface area is 125 Å². The fourth-order valence-electron chi connectivity index (χ4n) is 1.78. The van der Waals surface area contributed by atoms with E-state index >= 15 is 0 Å². The van der Waals surface area contributed by atoms with Crippen molar-refractivity contribution in [2.75, 3.05) is 13.1 Å². The molecule has 0 N–H and O–H groups in total. The van der Waals surface area contributed by atoms with Gasteiger partial charge in [-0.1, -0.05) is 43.1 Å². The quantitative estimate of drug-likeness (QED) is 0.700. The summed E-state index contributed by atoms with van der Waals surface area (Å²) in [5.41, 5.74) is 0.798. The highest BCUT2D eigenvalue weighted by Crippen LogP contribution is 2.22. The van der Waals surface area contributed by atoms with Gasteiger partial charge in [0.15, 0.2) is 0 Å². The number of amides is 1. The molecule has 0 aliphatic heterocycles. The van der Waals surface area contributed by atoms with Crippen LogP contribution >= 0.6 is 23.2 Å². The minimum atomic E-state index is 0.0229. The Morgan fingerprint density at radius 3 is 2.37 bits per heavy atom.